The number of carbonyl (C=O) groups is 1. The Hall–Kier alpha value is -3.09. The van der Waals surface area contributed by atoms with Crippen LogP contribution in [0.15, 0.2) is 42.5 Å². The van der Waals surface area contributed by atoms with Crippen LogP contribution in [0.4, 0.5) is 5.69 Å². The Labute approximate surface area is 145 Å². The van der Waals surface area contributed by atoms with Crippen LogP contribution in [0.5, 0.6) is 11.5 Å². The van der Waals surface area contributed by atoms with Crippen LogP contribution >= 0.6 is 0 Å². The van der Waals surface area contributed by atoms with E-state index < -0.39 is 4.92 Å². The quantitative estimate of drug-likeness (QED) is 0.592. The molecule has 0 fully saturated rings. The molecule has 132 valence electrons. The number of hydrogen-bond acceptors (Lipinski definition) is 5. The highest BCUT2D eigenvalue weighted by atomic mass is 16.6. The SMILES string of the molecule is COc1ccc(C(=O)N(C)[C@@H](C)c2cccc([N+](=O)[O-])c2)cc1OC. The minimum Gasteiger partial charge on any atom is -0.493 e. The van der Waals surface area contributed by atoms with Crippen molar-refractivity contribution in [1.82, 2.24) is 4.90 Å². The molecule has 0 saturated heterocycles. The van der Waals surface area contributed by atoms with Crippen molar-refractivity contribution in [2.24, 2.45) is 0 Å². The summed E-state index contributed by atoms with van der Waals surface area (Å²) in [6.45, 7) is 1.82. The molecule has 0 radical (unpaired) electrons. The van der Waals surface area contributed by atoms with E-state index >= 15 is 0 Å². The molecule has 0 unspecified atom stereocenters. The summed E-state index contributed by atoms with van der Waals surface area (Å²) in [5.74, 6) is 0.776. The number of rotatable bonds is 6. The third kappa shape index (κ3) is 3.88. The van der Waals surface area contributed by atoms with Gasteiger partial charge in [-0.2, -0.15) is 0 Å². The fourth-order valence-corrected chi connectivity index (χ4v) is 2.47. The molecule has 0 bridgehead atoms. The summed E-state index contributed by atoms with van der Waals surface area (Å²) < 4.78 is 10.4. The van der Waals surface area contributed by atoms with Gasteiger partial charge >= 0.3 is 0 Å². The molecule has 0 aliphatic heterocycles. The van der Waals surface area contributed by atoms with E-state index in [1.807, 2.05) is 6.92 Å². The van der Waals surface area contributed by atoms with Gasteiger partial charge in [0.25, 0.3) is 11.6 Å². The van der Waals surface area contributed by atoms with Crippen LogP contribution in [0.2, 0.25) is 0 Å². The second kappa shape index (κ2) is 7.65. The first-order chi connectivity index (χ1) is 11.9. The summed E-state index contributed by atoms with van der Waals surface area (Å²) in [5, 5.41) is 10.9. The normalized spacial score (nSPS) is 11.5. The second-order valence-electron chi connectivity index (χ2n) is 5.51. The van der Waals surface area contributed by atoms with Crippen LogP contribution in [0.1, 0.15) is 28.9 Å². The molecule has 2 aromatic rings. The molecule has 0 spiro atoms. The molecular weight excluding hydrogens is 324 g/mol. The molecule has 1 amide bonds. The molecule has 0 saturated carbocycles. The van der Waals surface area contributed by atoms with Crippen LogP contribution < -0.4 is 9.47 Å². The van der Waals surface area contributed by atoms with Gasteiger partial charge in [0.2, 0.25) is 0 Å². The second-order valence-corrected chi connectivity index (χ2v) is 5.51. The van der Waals surface area contributed by atoms with Crippen molar-refractivity contribution in [2.75, 3.05) is 21.3 Å². The molecule has 0 N–H and O–H groups in total. The lowest BCUT2D eigenvalue weighted by Gasteiger charge is -2.25. The zero-order valence-corrected chi connectivity index (χ0v) is 14.6. The summed E-state index contributed by atoms with van der Waals surface area (Å²) in [5.41, 5.74) is 1.12. The van der Waals surface area contributed by atoms with E-state index in [-0.39, 0.29) is 17.6 Å². The van der Waals surface area contributed by atoms with Gasteiger partial charge in [0.15, 0.2) is 11.5 Å². The van der Waals surface area contributed by atoms with Gasteiger partial charge in [-0.1, -0.05) is 12.1 Å². The first-order valence-corrected chi connectivity index (χ1v) is 7.62. The van der Waals surface area contributed by atoms with E-state index in [0.717, 1.165) is 0 Å². The Morgan fingerprint density at radius 1 is 1.12 bits per heavy atom. The van der Waals surface area contributed by atoms with E-state index in [1.165, 1.54) is 31.3 Å². The number of amides is 1. The number of benzene rings is 2. The lowest BCUT2D eigenvalue weighted by atomic mass is 10.1. The fraction of sp³-hybridized carbons (Fsp3) is 0.278. The number of nitro groups is 1. The standard InChI is InChI=1S/C18H20N2O5/c1-12(13-6-5-7-15(10-13)20(22)23)19(2)18(21)14-8-9-16(24-3)17(11-14)25-4/h5-12H,1-4H3/t12-/m0/s1. The summed E-state index contributed by atoms with van der Waals surface area (Å²) in [7, 11) is 4.68. The van der Waals surface area contributed by atoms with Crippen LogP contribution in [-0.2, 0) is 0 Å². The molecule has 0 heterocycles. The van der Waals surface area contributed by atoms with Crippen molar-refractivity contribution in [3.63, 3.8) is 0 Å². The Bertz CT molecular complexity index is 791. The van der Waals surface area contributed by atoms with E-state index in [4.69, 9.17) is 9.47 Å². The monoisotopic (exact) mass is 344 g/mol. The molecule has 0 aromatic heterocycles. The van der Waals surface area contributed by atoms with E-state index in [2.05, 4.69) is 0 Å². The highest BCUT2D eigenvalue weighted by Gasteiger charge is 2.21. The van der Waals surface area contributed by atoms with Gasteiger partial charge in [0, 0.05) is 24.7 Å². The smallest absolute Gasteiger partial charge is 0.269 e. The third-order valence-electron chi connectivity index (χ3n) is 4.10. The Balaban J connectivity index is 2.27. The summed E-state index contributed by atoms with van der Waals surface area (Å²) in [4.78, 5) is 24.7. The van der Waals surface area contributed by atoms with Crippen LogP contribution in [0.3, 0.4) is 0 Å². The zero-order chi connectivity index (χ0) is 18.6. The number of carbonyl (C=O) groups excluding carboxylic acids is 1. The minimum atomic E-state index is -0.452. The number of ether oxygens (including phenoxy) is 2. The number of non-ortho nitro benzene ring substituents is 1. The van der Waals surface area contributed by atoms with Crippen molar-refractivity contribution in [1.29, 1.82) is 0 Å². The maximum atomic E-state index is 12.7. The van der Waals surface area contributed by atoms with Crippen molar-refractivity contribution in [2.45, 2.75) is 13.0 Å². The van der Waals surface area contributed by atoms with E-state index in [9.17, 15) is 14.9 Å². The van der Waals surface area contributed by atoms with E-state index in [0.29, 0.717) is 22.6 Å². The van der Waals surface area contributed by atoms with Crippen molar-refractivity contribution < 1.29 is 19.2 Å². The Morgan fingerprint density at radius 2 is 1.80 bits per heavy atom. The van der Waals surface area contributed by atoms with Gasteiger partial charge in [-0.3, -0.25) is 14.9 Å². The van der Waals surface area contributed by atoms with Gasteiger partial charge in [-0.25, -0.2) is 0 Å². The van der Waals surface area contributed by atoms with Gasteiger partial charge in [-0.15, -0.1) is 0 Å². The molecular formula is C18H20N2O5. The lowest BCUT2D eigenvalue weighted by Crippen LogP contribution is -2.29. The molecule has 1 atom stereocenters. The van der Waals surface area contributed by atoms with Crippen LogP contribution in [0.25, 0.3) is 0 Å². The summed E-state index contributed by atoms with van der Waals surface area (Å²) in [6, 6.07) is 10.9. The Morgan fingerprint density at radius 3 is 2.40 bits per heavy atom. The summed E-state index contributed by atoms with van der Waals surface area (Å²) >= 11 is 0. The molecule has 2 aromatic carbocycles. The fourth-order valence-electron chi connectivity index (χ4n) is 2.47. The van der Waals surface area contributed by atoms with E-state index in [1.54, 1.807) is 37.4 Å². The zero-order valence-electron chi connectivity index (χ0n) is 14.6. The first kappa shape index (κ1) is 18.3. The number of methoxy groups -OCH3 is 2. The number of nitrogens with zero attached hydrogens (tertiary/aromatic N) is 2. The van der Waals surface area contributed by atoms with Crippen molar-refractivity contribution in [3.05, 3.63) is 63.7 Å². The molecule has 7 heteroatoms. The van der Waals surface area contributed by atoms with Crippen LogP contribution in [-0.4, -0.2) is 37.0 Å². The molecule has 0 aliphatic carbocycles. The lowest BCUT2D eigenvalue weighted by molar-refractivity contribution is -0.384. The average Bonchev–Trinajstić information content (AvgIpc) is 2.65. The van der Waals surface area contributed by atoms with Gasteiger partial charge in [0.1, 0.15) is 0 Å². The third-order valence-corrected chi connectivity index (χ3v) is 4.10. The molecule has 7 nitrogen and oxygen atoms in total. The number of hydrogen-bond donors (Lipinski definition) is 0. The Kier molecular flexibility index (Phi) is 5.59. The number of nitro benzene ring substituents is 1. The maximum absolute atomic E-state index is 12.7. The average molecular weight is 344 g/mol. The topological polar surface area (TPSA) is 81.9 Å². The predicted molar refractivity (Wildman–Crippen MR) is 93.2 cm³/mol. The predicted octanol–water partition coefficient (Wildman–Crippen LogP) is 3.45. The van der Waals surface area contributed by atoms with Crippen LogP contribution in [0, 0.1) is 10.1 Å². The van der Waals surface area contributed by atoms with Gasteiger partial charge < -0.3 is 14.4 Å². The largest absolute Gasteiger partial charge is 0.493 e. The van der Waals surface area contributed by atoms with Gasteiger partial charge in [-0.05, 0) is 30.7 Å². The highest BCUT2D eigenvalue weighted by Crippen LogP contribution is 2.29. The molecule has 0 aliphatic rings. The molecule has 25 heavy (non-hydrogen) atoms. The van der Waals surface area contributed by atoms with Crippen molar-refractivity contribution >= 4 is 11.6 Å². The van der Waals surface area contributed by atoms with Gasteiger partial charge in [0.05, 0.1) is 25.2 Å². The summed E-state index contributed by atoms with van der Waals surface area (Å²) in [6.07, 6.45) is 0. The van der Waals surface area contributed by atoms with Crippen molar-refractivity contribution in [3.8, 4) is 11.5 Å². The first-order valence-electron chi connectivity index (χ1n) is 7.62. The minimum absolute atomic E-state index is 0.00341. The molecule has 2 rings (SSSR count). The highest BCUT2D eigenvalue weighted by molar-refractivity contribution is 5.95. The maximum Gasteiger partial charge on any atom is 0.269 e.